The van der Waals surface area contributed by atoms with Gasteiger partial charge in [-0.1, -0.05) is 71.7 Å². The number of carbonyl (C=O) groups is 1. The topological polar surface area (TPSA) is 142 Å². The minimum atomic E-state index is -0.320. The quantitative estimate of drug-likeness (QED) is 0.136. The molecule has 0 aliphatic carbocycles. The molecule has 50 heavy (non-hydrogen) atoms. The zero-order valence-electron chi connectivity index (χ0n) is 27.8. The predicted octanol–water partition coefficient (Wildman–Crippen LogP) is 9.97. The fourth-order valence-electron chi connectivity index (χ4n) is 3.84. The number of aliphatic imine (C=N–C) groups is 1. The van der Waals surface area contributed by atoms with Gasteiger partial charge < -0.3 is 9.88 Å². The van der Waals surface area contributed by atoms with Crippen molar-refractivity contribution in [3.8, 4) is 23.5 Å². The van der Waals surface area contributed by atoms with Gasteiger partial charge in [0.2, 0.25) is 11.9 Å². The maximum absolute atomic E-state index is 12.4. The van der Waals surface area contributed by atoms with Crippen LogP contribution >= 0.6 is 31.9 Å². The van der Waals surface area contributed by atoms with Gasteiger partial charge >= 0.3 is 0 Å². The van der Waals surface area contributed by atoms with Crippen LogP contribution in [0.1, 0.15) is 49.4 Å². The summed E-state index contributed by atoms with van der Waals surface area (Å²) in [4.78, 5) is 33.7. The first-order chi connectivity index (χ1) is 24.4. The molecule has 1 amide bonds. The maximum atomic E-state index is 12.4. The van der Waals surface area contributed by atoms with Crippen LogP contribution < -0.4 is 5.32 Å². The fourth-order valence-corrected chi connectivity index (χ4v) is 4.37. The summed E-state index contributed by atoms with van der Waals surface area (Å²) in [5.41, 5.74) is 4.15. The van der Waals surface area contributed by atoms with Gasteiger partial charge in [-0.15, -0.1) is 0 Å². The van der Waals surface area contributed by atoms with E-state index in [9.17, 15) is 9.59 Å². The first-order valence-corrected chi connectivity index (χ1v) is 16.9. The smallest absolute Gasteiger partial charge is 0.292 e. The third-order valence-corrected chi connectivity index (χ3v) is 7.04. The van der Waals surface area contributed by atoms with Crippen molar-refractivity contribution in [2.45, 2.75) is 27.7 Å². The molecule has 6 rings (SSSR count). The van der Waals surface area contributed by atoms with Crippen LogP contribution in [0, 0.1) is 22.7 Å². The molecule has 4 aromatic carbocycles. The molecule has 0 aliphatic heterocycles. The van der Waals surface area contributed by atoms with Gasteiger partial charge in [-0.05, 0) is 84.9 Å². The highest BCUT2D eigenvalue weighted by Crippen LogP contribution is 2.18. The van der Waals surface area contributed by atoms with Gasteiger partial charge in [0.25, 0.3) is 5.91 Å². The molecule has 252 valence electrons. The highest BCUT2D eigenvalue weighted by Gasteiger charge is 2.14. The number of halogens is 2. The Labute approximate surface area is 308 Å². The third kappa shape index (κ3) is 12.9. The van der Waals surface area contributed by atoms with Gasteiger partial charge in [-0.2, -0.15) is 15.5 Å². The molecule has 0 bridgehead atoms. The molecule has 0 unspecified atom stereocenters. The number of nitriles is 2. The molecule has 2 heterocycles. The average Bonchev–Trinajstić information content (AvgIpc) is 3.90. The highest BCUT2D eigenvalue weighted by atomic mass is 79.9. The Balaban J connectivity index is 0.000000271. The Morgan fingerprint density at radius 2 is 1.32 bits per heavy atom. The van der Waals surface area contributed by atoms with Crippen molar-refractivity contribution in [2.75, 3.05) is 5.32 Å². The van der Waals surface area contributed by atoms with Crippen molar-refractivity contribution in [3.63, 3.8) is 0 Å². The van der Waals surface area contributed by atoms with Gasteiger partial charge in [0.05, 0.1) is 35.3 Å². The number of isocyanates is 1. The number of rotatable bonds is 5. The van der Waals surface area contributed by atoms with Gasteiger partial charge in [-0.25, -0.2) is 14.8 Å². The average molecular weight is 795 g/mol. The largest absolute Gasteiger partial charge is 0.319 e. The molecule has 0 spiro atoms. The van der Waals surface area contributed by atoms with Gasteiger partial charge in [0.1, 0.15) is 0 Å². The number of nitrogens with one attached hydrogen (secondary N) is 1. The molecule has 0 fully saturated rings. The van der Waals surface area contributed by atoms with E-state index >= 15 is 0 Å². The number of carbonyl (C=O) groups excluding carboxylic acids is 2. The number of anilines is 1. The molecule has 0 saturated heterocycles. The number of benzene rings is 4. The lowest BCUT2D eigenvalue weighted by atomic mass is 10.2. The summed E-state index contributed by atoms with van der Waals surface area (Å²) in [5.74, 6) is -0.0670. The number of hydrogen-bond acceptors (Lipinski definition) is 7. The minimum Gasteiger partial charge on any atom is -0.319 e. The van der Waals surface area contributed by atoms with E-state index in [2.05, 4.69) is 64.3 Å². The normalized spacial score (nSPS) is 9.04. The summed E-state index contributed by atoms with van der Waals surface area (Å²) in [6.45, 7) is 8.00. The first kappa shape index (κ1) is 40.3. The Bertz CT molecular complexity index is 2040. The first-order valence-electron chi connectivity index (χ1n) is 15.3. The summed E-state index contributed by atoms with van der Waals surface area (Å²) < 4.78 is 5.42. The minimum absolute atomic E-state index is 0.253. The number of amides is 1. The van der Waals surface area contributed by atoms with Crippen molar-refractivity contribution in [2.24, 2.45) is 4.99 Å². The van der Waals surface area contributed by atoms with Crippen LogP contribution in [-0.2, 0) is 4.79 Å². The molecule has 10 nitrogen and oxygen atoms in total. The standard InChI is InChI=1S/C17H11BrN4O.C10H7N3.C7H4BrNO.2C2H6/c18-13-4-6-14(7-5-13)21-17(23)16-20-8-9-22(16)15-3-1-2-12(10-15)11-19;11-7-9-2-1-3-10(6-9)13-5-4-12-8-13;8-6-1-3-7(4-2-6)9-5-10;2*1-2/h1-10H,(H,21,23);1-6,8H;1-4H;2*1-2H3. The van der Waals surface area contributed by atoms with Crippen molar-refractivity contribution in [3.05, 3.63) is 154 Å². The molecule has 1 N–H and O–H groups in total. The second kappa shape index (κ2) is 22.6. The molecule has 0 aliphatic rings. The predicted molar refractivity (Wildman–Crippen MR) is 203 cm³/mol. The zero-order chi connectivity index (χ0) is 36.7. The van der Waals surface area contributed by atoms with Gasteiger partial charge in [0.15, 0.2) is 0 Å². The summed E-state index contributed by atoms with van der Waals surface area (Å²) in [5, 5.41) is 20.5. The van der Waals surface area contributed by atoms with Crippen LogP contribution in [0.15, 0.2) is 142 Å². The molecule has 6 aromatic rings. The molecule has 0 atom stereocenters. The summed E-state index contributed by atoms with van der Waals surface area (Å²) in [6, 6.07) is 33.0. The monoisotopic (exact) mass is 792 g/mol. The molecular weight excluding hydrogens is 760 g/mol. The lowest BCUT2D eigenvalue weighted by Gasteiger charge is -2.09. The van der Waals surface area contributed by atoms with E-state index in [0.29, 0.717) is 28.2 Å². The van der Waals surface area contributed by atoms with Crippen LogP contribution in [0.25, 0.3) is 11.4 Å². The lowest BCUT2D eigenvalue weighted by Crippen LogP contribution is -2.17. The summed E-state index contributed by atoms with van der Waals surface area (Å²) in [7, 11) is 0. The van der Waals surface area contributed by atoms with Gasteiger partial charge in [-0.3, -0.25) is 9.36 Å². The molecule has 0 radical (unpaired) electrons. The van der Waals surface area contributed by atoms with E-state index in [1.807, 2.05) is 87.0 Å². The van der Waals surface area contributed by atoms with Crippen LogP contribution in [-0.4, -0.2) is 31.1 Å². The maximum Gasteiger partial charge on any atom is 0.292 e. The summed E-state index contributed by atoms with van der Waals surface area (Å²) in [6.07, 6.45) is 9.96. The molecule has 12 heteroatoms. The Morgan fingerprint density at radius 3 is 1.86 bits per heavy atom. The fraction of sp³-hybridized carbons (Fsp3) is 0.105. The van der Waals surface area contributed by atoms with E-state index in [0.717, 1.165) is 14.6 Å². The van der Waals surface area contributed by atoms with Crippen LogP contribution in [0.2, 0.25) is 0 Å². The van der Waals surface area contributed by atoms with Gasteiger partial charge in [0, 0.05) is 50.8 Å². The van der Waals surface area contributed by atoms with E-state index in [1.54, 1.807) is 78.0 Å². The molecular formula is C38H34Br2N8O2. The van der Waals surface area contributed by atoms with E-state index in [1.165, 1.54) is 6.08 Å². The van der Waals surface area contributed by atoms with Crippen molar-refractivity contribution < 1.29 is 9.59 Å². The van der Waals surface area contributed by atoms with Crippen molar-refractivity contribution >= 4 is 55.2 Å². The Kier molecular flexibility index (Phi) is 18.2. The number of nitrogens with zero attached hydrogens (tertiary/aromatic N) is 7. The Morgan fingerprint density at radius 1 is 0.760 bits per heavy atom. The van der Waals surface area contributed by atoms with Crippen molar-refractivity contribution in [1.29, 1.82) is 10.5 Å². The van der Waals surface area contributed by atoms with Crippen molar-refractivity contribution in [1.82, 2.24) is 19.1 Å². The number of aromatic nitrogens is 4. The third-order valence-electron chi connectivity index (χ3n) is 5.98. The van der Waals surface area contributed by atoms with Crippen LogP contribution in [0.3, 0.4) is 0 Å². The van der Waals surface area contributed by atoms with E-state index < -0.39 is 0 Å². The molecule has 2 aromatic heterocycles. The number of imidazole rings is 2. The SMILES string of the molecule is CC.CC.N#Cc1cccc(-n2ccnc2)c1.N#Cc1cccc(-n2ccnc2C(=O)Nc2ccc(Br)cc2)c1.O=C=Nc1ccc(Br)cc1. The molecule has 0 saturated carbocycles. The van der Waals surface area contributed by atoms with Crippen LogP contribution in [0.4, 0.5) is 11.4 Å². The number of hydrogen-bond donors (Lipinski definition) is 1. The highest BCUT2D eigenvalue weighted by molar-refractivity contribution is 9.10. The Hall–Kier alpha value is -5.91. The second-order valence-electron chi connectivity index (χ2n) is 9.06. The lowest BCUT2D eigenvalue weighted by molar-refractivity contribution is 0.101. The van der Waals surface area contributed by atoms with Crippen LogP contribution in [0.5, 0.6) is 0 Å². The second-order valence-corrected chi connectivity index (χ2v) is 10.9. The zero-order valence-corrected chi connectivity index (χ0v) is 31.0. The summed E-state index contributed by atoms with van der Waals surface area (Å²) >= 11 is 6.61. The van der Waals surface area contributed by atoms with E-state index in [4.69, 9.17) is 10.5 Å². The van der Waals surface area contributed by atoms with E-state index in [-0.39, 0.29) is 11.7 Å².